The van der Waals surface area contributed by atoms with Gasteiger partial charge in [-0.1, -0.05) is 47.5 Å². The van der Waals surface area contributed by atoms with E-state index < -0.39 is 4.92 Å². The summed E-state index contributed by atoms with van der Waals surface area (Å²) in [4.78, 5) is 35.4. The fourth-order valence-electron chi connectivity index (χ4n) is 2.99. The van der Waals surface area contributed by atoms with Gasteiger partial charge in [0.15, 0.2) is 11.6 Å². The Hall–Kier alpha value is -3.22. The van der Waals surface area contributed by atoms with E-state index in [0.29, 0.717) is 11.1 Å². The summed E-state index contributed by atoms with van der Waals surface area (Å²) in [6.45, 7) is 0. The van der Waals surface area contributed by atoms with Crippen molar-refractivity contribution >= 4 is 46.5 Å². The van der Waals surface area contributed by atoms with Gasteiger partial charge in [0, 0.05) is 22.8 Å². The van der Waals surface area contributed by atoms with Crippen LogP contribution in [0.15, 0.2) is 58.5 Å². The molecule has 1 aliphatic carbocycles. The van der Waals surface area contributed by atoms with Crippen LogP contribution in [-0.4, -0.2) is 16.5 Å². The number of hydrogen-bond donors (Lipinski definition) is 0. The molecule has 0 amide bonds. The zero-order chi connectivity index (χ0) is 20.0. The van der Waals surface area contributed by atoms with E-state index in [2.05, 4.69) is 0 Å². The van der Waals surface area contributed by atoms with Gasteiger partial charge in [-0.05, 0) is 24.3 Å². The normalized spacial score (nSPS) is 13.0. The highest BCUT2D eigenvalue weighted by molar-refractivity contribution is 6.41. The first kappa shape index (κ1) is 18.2. The van der Waals surface area contributed by atoms with Crippen molar-refractivity contribution in [1.29, 1.82) is 0 Å². The van der Waals surface area contributed by atoms with E-state index in [1.807, 2.05) is 0 Å². The highest BCUT2D eigenvalue weighted by atomic mass is 35.5. The minimum absolute atomic E-state index is 0.00437. The summed E-state index contributed by atoms with van der Waals surface area (Å²) < 4.78 is 5.65. The Balaban J connectivity index is 1.73. The minimum Gasteiger partial charge on any atom is -0.457 e. The van der Waals surface area contributed by atoms with Gasteiger partial charge in [0.2, 0.25) is 0 Å². The van der Waals surface area contributed by atoms with E-state index in [1.54, 1.807) is 36.4 Å². The predicted molar refractivity (Wildman–Crippen MR) is 104 cm³/mol. The molecule has 3 aromatic rings. The number of allylic oxidation sites excluding steroid dienone is 1. The third-order valence-electron chi connectivity index (χ3n) is 4.32. The molecule has 1 heterocycles. The molecule has 0 N–H and O–H groups in total. The van der Waals surface area contributed by atoms with Gasteiger partial charge < -0.3 is 4.42 Å². The molecule has 4 rings (SSSR count). The van der Waals surface area contributed by atoms with Crippen LogP contribution in [0.2, 0.25) is 10.0 Å². The van der Waals surface area contributed by atoms with Crippen molar-refractivity contribution in [2.45, 2.75) is 0 Å². The zero-order valence-electron chi connectivity index (χ0n) is 13.9. The van der Waals surface area contributed by atoms with Gasteiger partial charge in [-0.25, -0.2) is 0 Å². The first-order valence-electron chi connectivity index (χ1n) is 8.00. The molecule has 0 atom stereocenters. The van der Waals surface area contributed by atoms with Crippen molar-refractivity contribution < 1.29 is 18.9 Å². The first-order chi connectivity index (χ1) is 13.4. The molecule has 0 saturated carbocycles. The zero-order valence-corrected chi connectivity index (χ0v) is 15.5. The number of halogens is 2. The molecule has 138 valence electrons. The fourth-order valence-corrected chi connectivity index (χ4v) is 3.53. The Kier molecular flexibility index (Phi) is 4.37. The van der Waals surface area contributed by atoms with Crippen LogP contribution in [0.25, 0.3) is 17.4 Å². The minimum atomic E-state index is -0.624. The summed E-state index contributed by atoms with van der Waals surface area (Å²) in [5.74, 6) is -0.266. The topological polar surface area (TPSA) is 90.4 Å². The summed E-state index contributed by atoms with van der Waals surface area (Å²) in [6.07, 6.45) is 1.35. The van der Waals surface area contributed by atoms with Crippen LogP contribution in [0.1, 0.15) is 26.5 Å². The summed E-state index contributed by atoms with van der Waals surface area (Å²) in [7, 11) is 0. The second-order valence-corrected chi connectivity index (χ2v) is 6.82. The second kappa shape index (κ2) is 6.74. The molecule has 2 aromatic carbocycles. The Morgan fingerprint density at radius 3 is 2.14 bits per heavy atom. The summed E-state index contributed by atoms with van der Waals surface area (Å²) in [6, 6.07) is 12.1. The first-order valence-corrected chi connectivity index (χ1v) is 8.76. The van der Waals surface area contributed by atoms with Crippen molar-refractivity contribution in [3.63, 3.8) is 0 Å². The lowest BCUT2D eigenvalue weighted by atomic mass is 10.1. The van der Waals surface area contributed by atoms with Crippen LogP contribution in [0, 0.1) is 10.1 Å². The number of Topliss-reactive ketones (excluding diaryl/α,β-unsaturated/α-hetero) is 2. The Morgan fingerprint density at radius 2 is 1.54 bits per heavy atom. The predicted octanol–water partition coefficient (Wildman–Crippen LogP) is 5.62. The highest BCUT2D eigenvalue weighted by Gasteiger charge is 2.32. The Bertz CT molecular complexity index is 1170. The number of nitro benzene ring substituents is 1. The number of fused-ring (bicyclic) bond motifs is 1. The Morgan fingerprint density at radius 1 is 0.893 bits per heavy atom. The molecule has 6 nitrogen and oxygen atoms in total. The number of nitrogens with zero attached hydrogens (tertiary/aromatic N) is 1. The van der Waals surface area contributed by atoms with Crippen LogP contribution < -0.4 is 0 Å². The van der Waals surface area contributed by atoms with Gasteiger partial charge >= 0.3 is 0 Å². The van der Waals surface area contributed by atoms with E-state index in [9.17, 15) is 19.7 Å². The number of rotatable bonds is 3. The van der Waals surface area contributed by atoms with Crippen molar-refractivity contribution in [3.8, 4) is 11.3 Å². The standard InChI is InChI=1S/C20H9Cl2NO5/c21-15-9-16(22)17(23(26)27)8-13(15)18-6-5-10(28-18)7-14-19(24)11-3-1-2-4-12(11)20(14)25/h1-9H. The fraction of sp³-hybridized carbons (Fsp3) is 0. The molecule has 0 aliphatic heterocycles. The molecule has 0 fully saturated rings. The monoisotopic (exact) mass is 413 g/mol. The number of hydrogen-bond acceptors (Lipinski definition) is 5. The molecule has 28 heavy (non-hydrogen) atoms. The molecule has 0 radical (unpaired) electrons. The number of ketones is 2. The molecule has 8 heteroatoms. The summed E-state index contributed by atoms with van der Waals surface area (Å²) in [5.41, 5.74) is 0.655. The second-order valence-electron chi connectivity index (χ2n) is 6.00. The lowest BCUT2D eigenvalue weighted by molar-refractivity contribution is -0.384. The van der Waals surface area contributed by atoms with Crippen LogP contribution in [-0.2, 0) is 0 Å². The van der Waals surface area contributed by atoms with Gasteiger partial charge in [-0.3, -0.25) is 19.7 Å². The molecule has 1 aliphatic rings. The molecular weight excluding hydrogens is 405 g/mol. The average Bonchev–Trinajstić information content (AvgIpc) is 3.21. The van der Waals surface area contributed by atoms with E-state index >= 15 is 0 Å². The van der Waals surface area contributed by atoms with Gasteiger partial charge in [-0.2, -0.15) is 0 Å². The lowest BCUT2D eigenvalue weighted by Gasteiger charge is -2.03. The van der Waals surface area contributed by atoms with Crippen LogP contribution in [0.3, 0.4) is 0 Å². The number of nitro groups is 1. The molecule has 0 bridgehead atoms. The van der Waals surface area contributed by atoms with Gasteiger partial charge in [0.05, 0.1) is 15.5 Å². The maximum absolute atomic E-state index is 12.5. The van der Waals surface area contributed by atoms with E-state index in [4.69, 9.17) is 27.6 Å². The van der Waals surface area contributed by atoms with Crippen molar-refractivity contribution in [2.24, 2.45) is 0 Å². The van der Waals surface area contributed by atoms with Gasteiger partial charge in [0.25, 0.3) is 5.69 Å². The lowest BCUT2D eigenvalue weighted by Crippen LogP contribution is -1.99. The molecule has 0 unspecified atom stereocenters. The SMILES string of the molecule is O=C1C(=Cc2ccc(-c3cc([N+](=O)[O-])c(Cl)cc3Cl)o2)C(=O)c2ccccc21. The number of furan rings is 1. The maximum Gasteiger partial charge on any atom is 0.288 e. The van der Waals surface area contributed by atoms with Crippen molar-refractivity contribution in [2.75, 3.05) is 0 Å². The molecular formula is C20H9Cl2NO5. The van der Waals surface area contributed by atoms with Crippen molar-refractivity contribution in [3.05, 3.63) is 91.2 Å². The van der Waals surface area contributed by atoms with E-state index in [-0.39, 0.29) is 50.0 Å². The van der Waals surface area contributed by atoms with Gasteiger partial charge in [-0.15, -0.1) is 0 Å². The highest BCUT2D eigenvalue weighted by Crippen LogP contribution is 2.38. The average molecular weight is 414 g/mol. The number of benzene rings is 2. The van der Waals surface area contributed by atoms with Crippen molar-refractivity contribution in [1.82, 2.24) is 0 Å². The van der Waals surface area contributed by atoms with Crippen LogP contribution >= 0.6 is 23.2 Å². The Labute approximate surface area is 168 Å². The third-order valence-corrected chi connectivity index (χ3v) is 4.93. The quantitative estimate of drug-likeness (QED) is 0.240. The largest absolute Gasteiger partial charge is 0.457 e. The summed E-state index contributed by atoms with van der Waals surface area (Å²) >= 11 is 12.0. The molecule has 0 spiro atoms. The van der Waals surface area contributed by atoms with Crippen LogP contribution in [0.5, 0.6) is 0 Å². The molecule has 1 aromatic heterocycles. The number of carbonyl (C=O) groups excluding carboxylic acids is 2. The summed E-state index contributed by atoms with van der Waals surface area (Å²) in [5, 5.41) is 11.2. The molecule has 0 saturated heterocycles. The van der Waals surface area contributed by atoms with Crippen LogP contribution in [0.4, 0.5) is 5.69 Å². The third kappa shape index (κ3) is 2.93. The number of carbonyl (C=O) groups is 2. The van der Waals surface area contributed by atoms with E-state index in [1.165, 1.54) is 18.2 Å². The smallest absolute Gasteiger partial charge is 0.288 e. The van der Waals surface area contributed by atoms with E-state index in [0.717, 1.165) is 0 Å². The maximum atomic E-state index is 12.5. The van der Waals surface area contributed by atoms with Gasteiger partial charge in [0.1, 0.15) is 16.5 Å².